The molecule has 1 unspecified atom stereocenters. The average molecular weight is 229 g/mol. The second-order valence-corrected chi connectivity index (χ2v) is 5.06. The highest BCUT2D eigenvalue weighted by Gasteiger charge is 2.14. The fourth-order valence-corrected chi connectivity index (χ4v) is 1.64. The average Bonchev–Trinajstić information content (AvgIpc) is 2.30. The van der Waals surface area contributed by atoms with E-state index in [0.717, 1.165) is 5.71 Å². The van der Waals surface area contributed by atoms with Gasteiger partial charge in [-0.25, -0.2) is 0 Å². The largest absolute Gasteiger partial charge is 0.266 e. The van der Waals surface area contributed by atoms with E-state index in [0.29, 0.717) is 11.8 Å². The van der Waals surface area contributed by atoms with Crippen LogP contribution in [-0.4, -0.2) is 5.71 Å². The Kier molecular flexibility index (Phi) is 5.14. The molecule has 1 heteroatoms. The molecule has 0 N–H and O–H groups in total. The van der Waals surface area contributed by atoms with Crippen molar-refractivity contribution in [3.63, 3.8) is 0 Å². The first-order valence-electron chi connectivity index (χ1n) is 6.29. The molecule has 92 valence electrons. The third-order valence-electron chi connectivity index (χ3n) is 3.06. The number of rotatable bonds is 4. The number of benzene rings is 1. The van der Waals surface area contributed by atoms with E-state index in [2.05, 4.69) is 56.1 Å². The van der Waals surface area contributed by atoms with Crippen molar-refractivity contribution in [3.05, 3.63) is 42.1 Å². The molecule has 0 aliphatic carbocycles. The Balaban J connectivity index is 3.12. The second-order valence-electron chi connectivity index (χ2n) is 5.06. The minimum atomic E-state index is 0.514. The second kappa shape index (κ2) is 6.39. The molecule has 0 amide bonds. The van der Waals surface area contributed by atoms with Crippen LogP contribution in [0.3, 0.4) is 0 Å². The van der Waals surface area contributed by atoms with Crippen LogP contribution in [0.25, 0.3) is 5.57 Å². The third-order valence-corrected chi connectivity index (χ3v) is 3.06. The van der Waals surface area contributed by atoms with Gasteiger partial charge in [0.25, 0.3) is 0 Å². The Bertz CT molecular complexity index is 395. The highest BCUT2D eigenvalue weighted by molar-refractivity contribution is 5.81. The smallest absolute Gasteiger partial charge is 0.0307 e. The van der Waals surface area contributed by atoms with Gasteiger partial charge in [0.1, 0.15) is 0 Å². The van der Waals surface area contributed by atoms with Crippen molar-refractivity contribution < 1.29 is 0 Å². The maximum absolute atomic E-state index is 4.46. The van der Waals surface area contributed by atoms with Crippen molar-refractivity contribution in [2.24, 2.45) is 16.8 Å². The summed E-state index contributed by atoms with van der Waals surface area (Å²) in [6.45, 7) is 10.8. The molecule has 0 saturated heterocycles. The molecule has 1 nitrogen and oxygen atoms in total. The molecule has 1 rings (SSSR count). The first kappa shape index (κ1) is 13.7. The van der Waals surface area contributed by atoms with E-state index in [9.17, 15) is 0 Å². The van der Waals surface area contributed by atoms with Crippen molar-refractivity contribution in [3.8, 4) is 0 Å². The molecule has 0 spiro atoms. The highest BCUT2D eigenvalue weighted by Crippen LogP contribution is 2.28. The number of hydrogen-bond acceptors (Lipinski definition) is 1. The zero-order valence-corrected chi connectivity index (χ0v) is 11.6. The standard InChI is InChI=1S/C16H23N/c1-12(2)14(5)16(11-17-13(3)4)15-9-7-6-8-10-15/h6-12,14H,1-5H3. The molecule has 0 bridgehead atoms. The van der Waals surface area contributed by atoms with Crippen LogP contribution in [0.1, 0.15) is 40.2 Å². The van der Waals surface area contributed by atoms with Crippen LogP contribution in [-0.2, 0) is 0 Å². The van der Waals surface area contributed by atoms with E-state index in [1.54, 1.807) is 0 Å². The summed E-state index contributed by atoms with van der Waals surface area (Å²) in [5.41, 5.74) is 3.69. The van der Waals surface area contributed by atoms with E-state index in [-0.39, 0.29) is 0 Å². The molecule has 0 aliphatic rings. The number of allylic oxidation sites excluding steroid dienone is 1. The Morgan fingerprint density at radius 2 is 1.65 bits per heavy atom. The van der Waals surface area contributed by atoms with Gasteiger partial charge in [0.05, 0.1) is 0 Å². The van der Waals surface area contributed by atoms with Crippen LogP contribution in [0.4, 0.5) is 0 Å². The summed E-state index contributed by atoms with van der Waals surface area (Å²) < 4.78 is 0. The van der Waals surface area contributed by atoms with Gasteiger partial charge >= 0.3 is 0 Å². The van der Waals surface area contributed by atoms with Crippen molar-refractivity contribution in [2.45, 2.75) is 34.6 Å². The Labute approximate surface area is 105 Å². The predicted octanol–water partition coefficient (Wildman–Crippen LogP) is 4.80. The summed E-state index contributed by atoms with van der Waals surface area (Å²) in [5, 5.41) is 0. The molecule has 17 heavy (non-hydrogen) atoms. The summed E-state index contributed by atoms with van der Waals surface area (Å²) in [6, 6.07) is 10.5. The zero-order valence-electron chi connectivity index (χ0n) is 11.6. The molecule has 1 aromatic rings. The van der Waals surface area contributed by atoms with Crippen molar-refractivity contribution in [2.75, 3.05) is 0 Å². The quantitative estimate of drug-likeness (QED) is 0.658. The third kappa shape index (κ3) is 4.18. The summed E-state index contributed by atoms with van der Waals surface area (Å²) >= 11 is 0. The first-order chi connectivity index (χ1) is 8.02. The Hall–Kier alpha value is -1.37. The van der Waals surface area contributed by atoms with Gasteiger partial charge in [-0.2, -0.15) is 0 Å². The topological polar surface area (TPSA) is 12.4 Å². The highest BCUT2D eigenvalue weighted by atomic mass is 14.7. The fourth-order valence-electron chi connectivity index (χ4n) is 1.64. The monoisotopic (exact) mass is 229 g/mol. The first-order valence-corrected chi connectivity index (χ1v) is 6.29. The van der Waals surface area contributed by atoms with Gasteiger partial charge in [-0.1, -0.05) is 51.1 Å². The summed E-state index contributed by atoms with van der Waals surface area (Å²) in [4.78, 5) is 4.46. The van der Waals surface area contributed by atoms with Gasteiger partial charge < -0.3 is 0 Å². The van der Waals surface area contributed by atoms with Gasteiger partial charge in [-0.15, -0.1) is 0 Å². The van der Waals surface area contributed by atoms with E-state index < -0.39 is 0 Å². The minimum absolute atomic E-state index is 0.514. The van der Waals surface area contributed by atoms with Gasteiger partial charge in [-0.3, -0.25) is 4.99 Å². The van der Waals surface area contributed by atoms with Crippen LogP contribution < -0.4 is 0 Å². The van der Waals surface area contributed by atoms with E-state index >= 15 is 0 Å². The van der Waals surface area contributed by atoms with Crippen molar-refractivity contribution in [1.29, 1.82) is 0 Å². The molecular formula is C16H23N. The van der Waals surface area contributed by atoms with Gasteiger partial charge in [0.15, 0.2) is 0 Å². The predicted molar refractivity (Wildman–Crippen MR) is 77.2 cm³/mol. The Morgan fingerprint density at radius 3 is 2.12 bits per heavy atom. The van der Waals surface area contributed by atoms with E-state index in [1.165, 1.54) is 11.1 Å². The summed E-state index contributed by atoms with van der Waals surface area (Å²) in [6.07, 6.45) is 2.02. The summed E-state index contributed by atoms with van der Waals surface area (Å²) in [7, 11) is 0. The van der Waals surface area contributed by atoms with Crippen molar-refractivity contribution in [1.82, 2.24) is 0 Å². The van der Waals surface area contributed by atoms with Crippen LogP contribution >= 0.6 is 0 Å². The maximum Gasteiger partial charge on any atom is 0.0307 e. The molecule has 1 atom stereocenters. The molecule has 0 aliphatic heterocycles. The lowest BCUT2D eigenvalue weighted by molar-refractivity contribution is 0.517. The normalized spacial score (nSPS) is 13.6. The van der Waals surface area contributed by atoms with Crippen LogP contribution in [0.15, 0.2) is 41.5 Å². The lowest BCUT2D eigenvalue weighted by Gasteiger charge is -2.19. The van der Waals surface area contributed by atoms with Crippen LogP contribution in [0, 0.1) is 11.8 Å². The van der Waals surface area contributed by atoms with Crippen LogP contribution in [0.2, 0.25) is 0 Å². The number of nitrogens with zero attached hydrogens (tertiary/aromatic N) is 1. The molecule has 0 heterocycles. The van der Waals surface area contributed by atoms with E-state index in [4.69, 9.17) is 0 Å². The van der Waals surface area contributed by atoms with Crippen molar-refractivity contribution >= 4 is 11.3 Å². The molecule has 0 aromatic heterocycles. The number of aliphatic imine (C=N–C) groups is 1. The molecule has 0 saturated carbocycles. The Morgan fingerprint density at radius 1 is 1.06 bits per heavy atom. The fraction of sp³-hybridized carbons (Fsp3) is 0.438. The minimum Gasteiger partial charge on any atom is -0.266 e. The SMILES string of the molecule is CC(C)=NC=C(c1ccccc1)C(C)C(C)C. The lowest BCUT2D eigenvalue weighted by atomic mass is 9.86. The molecule has 1 aromatic carbocycles. The van der Waals surface area contributed by atoms with Gasteiger partial charge in [0, 0.05) is 11.9 Å². The maximum atomic E-state index is 4.46. The van der Waals surface area contributed by atoms with Gasteiger partial charge in [0.2, 0.25) is 0 Å². The number of hydrogen-bond donors (Lipinski definition) is 0. The zero-order chi connectivity index (χ0) is 12.8. The van der Waals surface area contributed by atoms with Gasteiger partial charge in [-0.05, 0) is 36.8 Å². The molecule has 0 radical (unpaired) electrons. The lowest BCUT2D eigenvalue weighted by Crippen LogP contribution is -2.06. The summed E-state index contributed by atoms with van der Waals surface area (Å²) in [5.74, 6) is 1.13. The van der Waals surface area contributed by atoms with E-state index in [1.807, 2.05) is 20.0 Å². The molecular weight excluding hydrogens is 206 g/mol. The molecule has 0 fully saturated rings. The van der Waals surface area contributed by atoms with Crippen LogP contribution in [0.5, 0.6) is 0 Å².